The fourth-order valence-corrected chi connectivity index (χ4v) is 3.05. The van der Waals surface area contributed by atoms with E-state index in [9.17, 15) is 0 Å². The highest BCUT2D eigenvalue weighted by Gasteiger charge is 2.12. The van der Waals surface area contributed by atoms with Gasteiger partial charge in [0.25, 0.3) is 0 Å². The molecule has 26 heavy (non-hydrogen) atoms. The van der Waals surface area contributed by atoms with Gasteiger partial charge in [-0.1, -0.05) is 25.3 Å². The zero-order valence-electron chi connectivity index (χ0n) is 16.3. The van der Waals surface area contributed by atoms with Gasteiger partial charge in [-0.3, -0.25) is 9.98 Å². The van der Waals surface area contributed by atoms with Gasteiger partial charge in [0.05, 0.1) is 6.10 Å². The van der Waals surface area contributed by atoms with E-state index in [-0.39, 0.29) is 24.0 Å². The van der Waals surface area contributed by atoms with Crippen LogP contribution in [0.5, 0.6) is 0 Å². The first-order chi connectivity index (χ1) is 12.3. The lowest BCUT2D eigenvalue weighted by Gasteiger charge is -2.21. The molecule has 2 N–H and O–H groups in total. The number of rotatable bonds is 9. The standard InChI is InChI=1S/C20H34N4O.HI/c1-3-21-20(23-14-12-18-11-10-17(2)24-16-18)22-13-7-15-25-19-8-5-4-6-9-19;/h10-11,16,19H,3-9,12-15H2,1-2H3,(H2,21,22,23);1H. The Balaban J connectivity index is 0.00000338. The first-order valence-corrected chi connectivity index (χ1v) is 9.83. The van der Waals surface area contributed by atoms with Gasteiger partial charge in [-0.25, -0.2) is 0 Å². The SMILES string of the molecule is CCNC(=NCCCOC1CCCCC1)NCCc1ccc(C)nc1.I. The van der Waals surface area contributed by atoms with E-state index in [0.29, 0.717) is 6.10 Å². The Kier molecular flexibility index (Phi) is 12.6. The van der Waals surface area contributed by atoms with Gasteiger partial charge < -0.3 is 15.4 Å². The highest BCUT2D eigenvalue weighted by molar-refractivity contribution is 14.0. The van der Waals surface area contributed by atoms with Gasteiger partial charge >= 0.3 is 0 Å². The van der Waals surface area contributed by atoms with Crippen molar-refractivity contribution >= 4 is 29.9 Å². The molecule has 0 spiro atoms. The van der Waals surface area contributed by atoms with Crippen molar-refractivity contribution in [1.29, 1.82) is 0 Å². The van der Waals surface area contributed by atoms with Gasteiger partial charge in [0.2, 0.25) is 0 Å². The van der Waals surface area contributed by atoms with Crippen LogP contribution in [0.25, 0.3) is 0 Å². The summed E-state index contributed by atoms with van der Waals surface area (Å²) in [4.78, 5) is 8.97. The number of aryl methyl sites for hydroxylation is 1. The molecule has 2 rings (SSSR count). The van der Waals surface area contributed by atoms with Gasteiger partial charge in [0, 0.05) is 38.1 Å². The van der Waals surface area contributed by atoms with Crippen molar-refractivity contribution in [2.45, 2.75) is 64.9 Å². The third-order valence-electron chi connectivity index (χ3n) is 4.50. The number of pyridine rings is 1. The van der Waals surface area contributed by atoms with E-state index in [4.69, 9.17) is 4.74 Å². The third-order valence-corrected chi connectivity index (χ3v) is 4.50. The molecule has 0 aromatic carbocycles. The number of halogens is 1. The highest BCUT2D eigenvalue weighted by Crippen LogP contribution is 2.20. The normalized spacial score (nSPS) is 15.4. The molecular formula is C20H35IN4O. The van der Waals surface area contributed by atoms with Crippen LogP contribution in [0.2, 0.25) is 0 Å². The monoisotopic (exact) mass is 474 g/mol. The van der Waals surface area contributed by atoms with Crippen LogP contribution in [0.3, 0.4) is 0 Å². The molecule has 0 unspecified atom stereocenters. The van der Waals surface area contributed by atoms with Crippen molar-refractivity contribution in [2.75, 3.05) is 26.2 Å². The minimum absolute atomic E-state index is 0. The molecule has 1 aliphatic rings. The Hall–Kier alpha value is -0.890. The lowest BCUT2D eigenvalue weighted by Crippen LogP contribution is -2.38. The van der Waals surface area contributed by atoms with Gasteiger partial charge in [0.1, 0.15) is 0 Å². The number of nitrogens with zero attached hydrogens (tertiary/aromatic N) is 2. The summed E-state index contributed by atoms with van der Waals surface area (Å²) in [5, 5.41) is 6.70. The number of guanidine groups is 1. The van der Waals surface area contributed by atoms with E-state index >= 15 is 0 Å². The number of aliphatic imine (C=N–C) groups is 1. The molecule has 1 heterocycles. The fraction of sp³-hybridized carbons (Fsp3) is 0.700. The van der Waals surface area contributed by atoms with Gasteiger partial charge in [0.15, 0.2) is 5.96 Å². The number of ether oxygens (including phenoxy) is 1. The van der Waals surface area contributed by atoms with E-state index in [1.54, 1.807) is 0 Å². The minimum atomic E-state index is 0. The molecule has 1 saturated carbocycles. The molecule has 148 valence electrons. The smallest absolute Gasteiger partial charge is 0.191 e. The Labute approximate surface area is 175 Å². The third kappa shape index (κ3) is 9.71. The Bertz CT molecular complexity index is 501. The van der Waals surface area contributed by atoms with Crippen LogP contribution in [0.15, 0.2) is 23.3 Å². The van der Waals surface area contributed by atoms with E-state index < -0.39 is 0 Å². The Morgan fingerprint density at radius 3 is 2.73 bits per heavy atom. The van der Waals surface area contributed by atoms with Crippen LogP contribution >= 0.6 is 24.0 Å². The minimum Gasteiger partial charge on any atom is -0.378 e. The van der Waals surface area contributed by atoms with Crippen molar-refractivity contribution in [2.24, 2.45) is 4.99 Å². The molecule has 0 saturated heterocycles. The number of hydrogen-bond donors (Lipinski definition) is 2. The maximum atomic E-state index is 5.96. The van der Waals surface area contributed by atoms with E-state index in [2.05, 4.69) is 39.7 Å². The number of nitrogens with one attached hydrogen (secondary N) is 2. The second-order valence-electron chi connectivity index (χ2n) is 6.73. The summed E-state index contributed by atoms with van der Waals surface area (Å²) in [6.07, 6.45) is 10.9. The van der Waals surface area contributed by atoms with Crippen molar-refractivity contribution < 1.29 is 4.74 Å². The molecule has 1 aromatic heterocycles. The number of hydrogen-bond acceptors (Lipinski definition) is 3. The maximum absolute atomic E-state index is 5.96. The topological polar surface area (TPSA) is 58.5 Å². The largest absolute Gasteiger partial charge is 0.378 e. The second kappa shape index (κ2) is 14.2. The van der Waals surface area contributed by atoms with Crippen LogP contribution < -0.4 is 10.6 Å². The van der Waals surface area contributed by atoms with Crippen molar-refractivity contribution in [3.05, 3.63) is 29.6 Å². The van der Waals surface area contributed by atoms with Gasteiger partial charge in [-0.2, -0.15) is 0 Å². The fourth-order valence-electron chi connectivity index (χ4n) is 3.05. The molecule has 0 radical (unpaired) electrons. The van der Waals surface area contributed by atoms with Crippen LogP contribution in [0.4, 0.5) is 0 Å². The van der Waals surface area contributed by atoms with Crippen molar-refractivity contribution in [1.82, 2.24) is 15.6 Å². The van der Waals surface area contributed by atoms with Crippen LogP contribution in [0, 0.1) is 6.92 Å². The summed E-state index contributed by atoms with van der Waals surface area (Å²) in [6, 6.07) is 4.19. The zero-order chi connectivity index (χ0) is 17.7. The molecule has 1 fully saturated rings. The average molecular weight is 474 g/mol. The molecule has 5 nitrogen and oxygen atoms in total. The van der Waals surface area contributed by atoms with E-state index in [1.807, 2.05) is 13.1 Å². The molecule has 0 aliphatic heterocycles. The predicted octanol–water partition coefficient (Wildman–Crippen LogP) is 3.85. The summed E-state index contributed by atoms with van der Waals surface area (Å²) in [6.45, 7) is 7.45. The molecular weight excluding hydrogens is 439 g/mol. The van der Waals surface area contributed by atoms with Crippen molar-refractivity contribution in [3.63, 3.8) is 0 Å². The molecule has 1 aliphatic carbocycles. The van der Waals surface area contributed by atoms with Gasteiger partial charge in [-0.05, 0) is 51.2 Å². The predicted molar refractivity (Wildman–Crippen MR) is 120 cm³/mol. The van der Waals surface area contributed by atoms with E-state index in [0.717, 1.165) is 50.7 Å². The summed E-state index contributed by atoms with van der Waals surface area (Å²) in [7, 11) is 0. The van der Waals surface area contributed by atoms with Crippen molar-refractivity contribution in [3.8, 4) is 0 Å². The molecule has 0 amide bonds. The quantitative estimate of drug-likeness (QED) is 0.247. The van der Waals surface area contributed by atoms with Crippen LogP contribution in [-0.4, -0.2) is 43.3 Å². The molecule has 6 heteroatoms. The number of aromatic nitrogens is 1. The average Bonchev–Trinajstić information content (AvgIpc) is 2.64. The molecule has 0 atom stereocenters. The summed E-state index contributed by atoms with van der Waals surface area (Å²) < 4.78 is 5.96. The maximum Gasteiger partial charge on any atom is 0.191 e. The lowest BCUT2D eigenvalue weighted by atomic mass is 9.98. The lowest BCUT2D eigenvalue weighted by molar-refractivity contribution is 0.0281. The summed E-state index contributed by atoms with van der Waals surface area (Å²) >= 11 is 0. The molecule has 1 aromatic rings. The second-order valence-corrected chi connectivity index (χ2v) is 6.73. The summed E-state index contributed by atoms with van der Waals surface area (Å²) in [5.74, 6) is 0.889. The van der Waals surface area contributed by atoms with E-state index in [1.165, 1.54) is 37.7 Å². The van der Waals surface area contributed by atoms with Gasteiger partial charge in [-0.15, -0.1) is 24.0 Å². The highest BCUT2D eigenvalue weighted by atomic mass is 127. The summed E-state index contributed by atoms with van der Waals surface area (Å²) in [5.41, 5.74) is 2.30. The first-order valence-electron chi connectivity index (χ1n) is 9.83. The molecule has 0 bridgehead atoms. The zero-order valence-corrected chi connectivity index (χ0v) is 18.6. The Morgan fingerprint density at radius 2 is 2.04 bits per heavy atom. The van der Waals surface area contributed by atoms with Crippen LogP contribution in [0.1, 0.15) is 56.7 Å². The van der Waals surface area contributed by atoms with Crippen LogP contribution in [-0.2, 0) is 11.2 Å². The first kappa shape index (κ1) is 23.1. The Morgan fingerprint density at radius 1 is 1.23 bits per heavy atom.